The van der Waals surface area contributed by atoms with Crippen molar-refractivity contribution in [3.8, 4) is 17.2 Å². The Morgan fingerprint density at radius 2 is 1.76 bits per heavy atom. The minimum Gasteiger partial charge on any atom is -0.497 e. The zero-order valence-corrected chi connectivity index (χ0v) is 14.8. The minimum absolute atomic E-state index is 0.0164. The van der Waals surface area contributed by atoms with Crippen molar-refractivity contribution in [2.45, 2.75) is 20.0 Å². The summed E-state index contributed by atoms with van der Waals surface area (Å²) < 4.78 is 16.0. The predicted molar refractivity (Wildman–Crippen MR) is 96.8 cm³/mol. The molecule has 1 amide bonds. The van der Waals surface area contributed by atoms with E-state index in [1.807, 2.05) is 38.1 Å². The molecule has 2 aromatic rings. The van der Waals surface area contributed by atoms with Crippen LogP contribution >= 0.6 is 0 Å². The monoisotopic (exact) mass is 342 g/mol. The second-order valence-electron chi connectivity index (χ2n) is 5.50. The Morgan fingerprint density at radius 3 is 2.36 bits per heavy atom. The molecule has 0 aromatic heterocycles. The van der Waals surface area contributed by atoms with Crippen molar-refractivity contribution in [2.75, 3.05) is 14.2 Å². The number of hydrogen-bond acceptors (Lipinski definition) is 5. The molecule has 2 aromatic carbocycles. The van der Waals surface area contributed by atoms with Gasteiger partial charge in [0.05, 0.1) is 26.5 Å². The Balaban J connectivity index is 2.03. The van der Waals surface area contributed by atoms with Crippen molar-refractivity contribution >= 4 is 12.1 Å². The molecule has 0 unspecified atom stereocenters. The fraction of sp³-hybridized carbons (Fsp3) is 0.263. The third kappa shape index (κ3) is 5.24. The number of methoxy groups -OCH3 is 2. The van der Waals surface area contributed by atoms with E-state index < -0.39 is 0 Å². The Hall–Kier alpha value is -3.02. The number of hydrogen-bond donors (Lipinski definition) is 1. The van der Waals surface area contributed by atoms with Gasteiger partial charge in [-0.15, -0.1) is 0 Å². The smallest absolute Gasteiger partial charge is 0.271 e. The highest BCUT2D eigenvalue weighted by molar-refractivity contribution is 5.95. The van der Waals surface area contributed by atoms with Crippen molar-refractivity contribution in [3.63, 3.8) is 0 Å². The van der Waals surface area contributed by atoms with Gasteiger partial charge in [-0.1, -0.05) is 0 Å². The molecule has 6 nitrogen and oxygen atoms in total. The first-order valence-corrected chi connectivity index (χ1v) is 7.85. The summed E-state index contributed by atoms with van der Waals surface area (Å²) in [6, 6.07) is 12.3. The van der Waals surface area contributed by atoms with Crippen LogP contribution in [0.5, 0.6) is 17.2 Å². The molecule has 0 fully saturated rings. The number of nitrogens with one attached hydrogen (secondary N) is 1. The van der Waals surface area contributed by atoms with Gasteiger partial charge in [-0.25, -0.2) is 5.43 Å². The molecule has 1 N–H and O–H groups in total. The zero-order chi connectivity index (χ0) is 18.2. The summed E-state index contributed by atoms with van der Waals surface area (Å²) in [5.74, 6) is 1.52. The van der Waals surface area contributed by atoms with Crippen LogP contribution in [0.3, 0.4) is 0 Å². The number of carbonyl (C=O) groups is 1. The summed E-state index contributed by atoms with van der Waals surface area (Å²) in [7, 11) is 3.14. The van der Waals surface area contributed by atoms with Crippen LogP contribution in [0.15, 0.2) is 47.6 Å². The highest BCUT2D eigenvalue weighted by atomic mass is 16.5. The topological polar surface area (TPSA) is 69.2 Å². The van der Waals surface area contributed by atoms with Crippen LogP contribution in [0.4, 0.5) is 0 Å². The minimum atomic E-state index is -0.334. The Kier molecular flexibility index (Phi) is 6.39. The maximum atomic E-state index is 12.2. The summed E-state index contributed by atoms with van der Waals surface area (Å²) in [6.45, 7) is 3.85. The highest BCUT2D eigenvalue weighted by Crippen LogP contribution is 2.28. The van der Waals surface area contributed by atoms with Gasteiger partial charge < -0.3 is 14.2 Å². The van der Waals surface area contributed by atoms with Crippen molar-refractivity contribution in [2.24, 2.45) is 5.10 Å². The van der Waals surface area contributed by atoms with Crippen LogP contribution in [0.2, 0.25) is 0 Å². The first-order valence-electron chi connectivity index (χ1n) is 7.85. The molecular weight excluding hydrogens is 320 g/mol. The van der Waals surface area contributed by atoms with Crippen LogP contribution in [0.1, 0.15) is 29.8 Å². The lowest BCUT2D eigenvalue weighted by molar-refractivity contribution is 0.0954. The van der Waals surface area contributed by atoms with E-state index in [2.05, 4.69) is 10.5 Å². The Bertz CT molecular complexity index is 740. The third-order valence-electron chi connectivity index (χ3n) is 3.28. The van der Waals surface area contributed by atoms with Crippen LogP contribution in [0.25, 0.3) is 0 Å². The molecule has 132 valence electrons. The summed E-state index contributed by atoms with van der Waals surface area (Å²) in [5.41, 5.74) is 3.77. The molecule has 0 atom stereocenters. The zero-order valence-electron chi connectivity index (χ0n) is 14.8. The molecule has 6 heteroatoms. The molecule has 0 bridgehead atoms. The van der Waals surface area contributed by atoms with E-state index in [1.165, 1.54) is 7.11 Å². The fourth-order valence-corrected chi connectivity index (χ4v) is 2.08. The molecule has 0 heterocycles. The molecule has 0 saturated carbocycles. The SMILES string of the molecule is COc1ccc(/C=N/NC(=O)c2ccc(OC(C)C)c(OC)c2)cc1. The van der Waals surface area contributed by atoms with Gasteiger partial charge >= 0.3 is 0 Å². The number of carbonyl (C=O) groups excluding carboxylic acids is 1. The number of benzene rings is 2. The van der Waals surface area contributed by atoms with E-state index in [1.54, 1.807) is 31.5 Å². The van der Waals surface area contributed by atoms with E-state index in [0.717, 1.165) is 11.3 Å². The first kappa shape index (κ1) is 18.3. The van der Waals surface area contributed by atoms with Gasteiger partial charge in [-0.05, 0) is 61.9 Å². The molecule has 0 aliphatic heterocycles. The molecule has 2 rings (SSSR count). The molecule has 0 aliphatic carbocycles. The van der Waals surface area contributed by atoms with Crippen LogP contribution in [-0.2, 0) is 0 Å². The number of rotatable bonds is 7. The Morgan fingerprint density at radius 1 is 1.04 bits per heavy atom. The highest BCUT2D eigenvalue weighted by Gasteiger charge is 2.11. The molecule has 0 radical (unpaired) electrons. The molecule has 25 heavy (non-hydrogen) atoms. The normalized spacial score (nSPS) is 10.8. The van der Waals surface area contributed by atoms with Gasteiger partial charge in [0.15, 0.2) is 11.5 Å². The van der Waals surface area contributed by atoms with Crippen LogP contribution in [0, 0.1) is 0 Å². The largest absolute Gasteiger partial charge is 0.497 e. The van der Waals surface area contributed by atoms with Gasteiger partial charge in [0.2, 0.25) is 0 Å². The molecule has 0 saturated heterocycles. The van der Waals surface area contributed by atoms with Gasteiger partial charge in [0, 0.05) is 5.56 Å². The van der Waals surface area contributed by atoms with Gasteiger partial charge in [0.1, 0.15) is 5.75 Å². The number of ether oxygens (including phenoxy) is 3. The molecule has 0 aliphatic rings. The van der Waals surface area contributed by atoms with Crippen molar-refractivity contribution in [1.29, 1.82) is 0 Å². The maximum Gasteiger partial charge on any atom is 0.271 e. The van der Waals surface area contributed by atoms with E-state index in [4.69, 9.17) is 14.2 Å². The van der Waals surface area contributed by atoms with Crippen LogP contribution < -0.4 is 19.6 Å². The van der Waals surface area contributed by atoms with Crippen molar-refractivity contribution < 1.29 is 19.0 Å². The lowest BCUT2D eigenvalue weighted by Gasteiger charge is -2.14. The second kappa shape index (κ2) is 8.73. The van der Waals surface area contributed by atoms with Gasteiger partial charge in [-0.2, -0.15) is 5.10 Å². The van der Waals surface area contributed by atoms with Gasteiger partial charge in [-0.3, -0.25) is 4.79 Å². The van der Waals surface area contributed by atoms with E-state index in [0.29, 0.717) is 17.1 Å². The second-order valence-corrected chi connectivity index (χ2v) is 5.50. The summed E-state index contributed by atoms with van der Waals surface area (Å²) in [5, 5.41) is 3.96. The quantitative estimate of drug-likeness (QED) is 0.619. The molecular formula is C19H22N2O4. The predicted octanol–water partition coefficient (Wildman–Crippen LogP) is 3.25. The van der Waals surface area contributed by atoms with Gasteiger partial charge in [0.25, 0.3) is 5.91 Å². The summed E-state index contributed by atoms with van der Waals surface area (Å²) in [6.07, 6.45) is 1.58. The van der Waals surface area contributed by atoms with E-state index in [-0.39, 0.29) is 12.0 Å². The summed E-state index contributed by atoms with van der Waals surface area (Å²) >= 11 is 0. The van der Waals surface area contributed by atoms with Crippen molar-refractivity contribution in [3.05, 3.63) is 53.6 Å². The standard InChI is InChI=1S/C19H22N2O4/c1-13(2)25-17-10-7-15(11-18(17)24-4)19(22)21-20-12-14-5-8-16(23-3)9-6-14/h5-13H,1-4H3,(H,21,22)/b20-12+. The average Bonchev–Trinajstić information content (AvgIpc) is 2.62. The lowest BCUT2D eigenvalue weighted by atomic mass is 10.2. The number of amides is 1. The number of hydrazone groups is 1. The van der Waals surface area contributed by atoms with Crippen molar-refractivity contribution in [1.82, 2.24) is 5.43 Å². The fourth-order valence-electron chi connectivity index (χ4n) is 2.08. The average molecular weight is 342 g/mol. The van der Waals surface area contributed by atoms with E-state index >= 15 is 0 Å². The van der Waals surface area contributed by atoms with Crippen LogP contribution in [-0.4, -0.2) is 32.4 Å². The lowest BCUT2D eigenvalue weighted by Crippen LogP contribution is -2.18. The summed E-state index contributed by atoms with van der Waals surface area (Å²) in [4.78, 5) is 12.2. The maximum absolute atomic E-state index is 12.2. The number of nitrogens with zero attached hydrogens (tertiary/aromatic N) is 1. The third-order valence-corrected chi connectivity index (χ3v) is 3.28. The van der Waals surface area contributed by atoms with E-state index in [9.17, 15) is 4.79 Å². The first-order chi connectivity index (χ1) is 12.0. The molecule has 0 spiro atoms. The Labute approximate surface area is 147 Å².